The zero-order valence-electron chi connectivity index (χ0n) is 9.91. The highest BCUT2D eigenvalue weighted by Crippen LogP contribution is 2.33. The lowest BCUT2D eigenvalue weighted by Gasteiger charge is -2.28. The average Bonchev–Trinajstić information content (AvgIpc) is 1.99. The van der Waals surface area contributed by atoms with Gasteiger partial charge in [-0.3, -0.25) is 0 Å². The Kier molecular flexibility index (Phi) is 3.35. The van der Waals surface area contributed by atoms with Gasteiger partial charge in [0.25, 0.3) is 0 Å². The van der Waals surface area contributed by atoms with Crippen molar-refractivity contribution in [2.45, 2.75) is 39.7 Å². The highest BCUT2D eigenvalue weighted by atomic mass is 16.3. The number of pyridine rings is 1. The number of aryl methyl sites for hydroxylation is 1. The molecule has 0 fully saturated rings. The van der Waals surface area contributed by atoms with Crippen LogP contribution in [0, 0.1) is 12.8 Å². The van der Waals surface area contributed by atoms with E-state index in [2.05, 4.69) is 18.8 Å². The van der Waals surface area contributed by atoms with Gasteiger partial charge in [-0.15, -0.1) is 0 Å². The maximum atomic E-state index is 10.4. The van der Waals surface area contributed by atoms with Crippen LogP contribution in [0.15, 0.2) is 12.3 Å². The van der Waals surface area contributed by atoms with E-state index in [4.69, 9.17) is 5.73 Å². The quantitative estimate of drug-likeness (QED) is 0.800. The van der Waals surface area contributed by atoms with Crippen LogP contribution in [0.4, 0.5) is 5.82 Å². The highest BCUT2D eigenvalue weighted by molar-refractivity contribution is 5.47. The molecule has 0 saturated carbocycles. The van der Waals surface area contributed by atoms with Gasteiger partial charge in [0.05, 0.1) is 5.60 Å². The monoisotopic (exact) mass is 208 g/mol. The summed E-state index contributed by atoms with van der Waals surface area (Å²) in [6.07, 6.45) is 2.35. The fraction of sp³-hybridized carbons (Fsp3) is 0.583. The Morgan fingerprint density at radius 2 is 2.13 bits per heavy atom. The highest BCUT2D eigenvalue weighted by Gasteiger charge is 2.28. The minimum atomic E-state index is -0.892. The minimum absolute atomic E-state index is 0.416. The normalized spacial score (nSPS) is 15.3. The minimum Gasteiger partial charge on any atom is -0.385 e. The molecular formula is C12H20N2O. The Morgan fingerprint density at radius 1 is 1.53 bits per heavy atom. The predicted molar refractivity (Wildman–Crippen MR) is 62.4 cm³/mol. The molecule has 84 valence electrons. The number of aliphatic hydroxyl groups is 1. The van der Waals surface area contributed by atoms with Crippen molar-refractivity contribution in [3.8, 4) is 0 Å². The van der Waals surface area contributed by atoms with E-state index in [-0.39, 0.29) is 0 Å². The van der Waals surface area contributed by atoms with Crippen LogP contribution >= 0.6 is 0 Å². The van der Waals surface area contributed by atoms with Crippen LogP contribution in [0.2, 0.25) is 0 Å². The number of rotatable bonds is 3. The number of nitrogens with zero attached hydrogens (tertiary/aromatic N) is 1. The first-order valence-corrected chi connectivity index (χ1v) is 5.28. The van der Waals surface area contributed by atoms with E-state index < -0.39 is 5.60 Å². The summed E-state index contributed by atoms with van der Waals surface area (Å²) in [6, 6.07) is 1.88. The standard InChI is InChI=1S/C12H20N2O/c1-8(2)7-12(4,15)10-9(3)5-6-14-11(10)13/h5-6,8,15H,7H2,1-4H3,(H2,13,14). The summed E-state index contributed by atoms with van der Waals surface area (Å²) in [7, 11) is 0. The van der Waals surface area contributed by atoms with Crippen molar-refractivity contribution in [3.05, 3.63) is 23.4 Å². The lowest BCUT2D eigenvalue weighted by atomic mass is 9.85. The molecule has 0 aliphatic heterocycles. The number of aromatic nitrogens is 1. The van der Waals surface area contributed by atoms with E-state index in [1.807, 2.05) is 13.0 Å². The van der Waals surface area contributed by atoms with Crippen molar-refractivity contribution < 1.29 is 5.11 Å². The lowest BCUT2D eigenvalue weighted by Crippen LogP contribution is -2.26. The van der Waals surface area contributed by atoms with Crippen molar-refractivity contribution in [2.24, 2.45) is 5.92 Å². The van der Waals surface area contributed by atoms with Gasteiger partial charge in [0, 0.05) is 11.8 Å². The Balaban J connectivity index is 3.14. The van der Waals surface area contributed by atoms with Gasteiger partial charge in [-0.25, -0.2) is 4.98 Å². The average molecular weight is 208 g/mol. The summed E-state index contributed by atoms with van der Waals surface area (Å²) in [5, 5.41) is 10.4. The molecule has 1 heterocycles. The SMILES string of the molecule is Cc1ccnc(N)c1C(C)(O)CC(C)C. The molecular weight excluding hydrogens is 188 g/mol. The van der Waals surface area contributed by atoms with Crippen LogP contribution in [0.1, 0.15) is 38.3 Å². The van der Waals surface area contributed by atoms with Gasteiger partial charge in [0.15, 0.2) is 0 Å². The van der Waals surface area contributed by atoms with Crippen LogP contribution < -0.4 is 5.73 Å². The second-order valence-electron chi connectivity index (χ2n) is 4.76. The first kappa shape index (κ1) is 12.0. The van der Waals surface area contributed by atoms with Gasteiger partial charge < -0.3 is 10.8 Å². The first-order chi connectivity index (χ1) is 6.84. The van der Waals surface area contributed by atoms with E-state index >= 15 is 0 Å². The maximum Gasteiger partial charge on any atom is 0.129 e. The second kappa shape index (κ2) is 4.19. The smallest absolute Gasteiger partial charge is 0.129 e. The molecule has 0 aromatic carbocycles. The number of nitrogen functional groups attached to an aromatic ring is 1. The van der Waals surface area contributed by atoms with Crippen molar-refractivity contribution in [2.75, 3.05) is 5.73 Å². The molecule has 3 heteroatoms. The zero-order valence-corrected chi connectivity index (χ0v) is 9.91. The Labute approximate surface area is 91.3 Å². The summed E-state index contributed by atoms with van der Waals surface area (Å²) in [6.45, 7) is 7.91. The molecule has 0 spiro atoms. The molecule has 0 aliphatic rings. The Morgan fingerprint density at radius 3 is 2.60 bits per heavy atom. The number of nitrogens with two attached hydrogens (primary N) is 1. The molecule has 0 aliphatic carbocycles. The summed E-state index contributed by atoms with van der Waals surface area (Å²) < 4.78 is 0. The number of hydrogen-bond acceptors (Lipinski definition) is 3. The van der Waals surface area contributed by atoms with E-state index in [9.17, 15) is 5.11 Å². The molecule has 1 rings (SSSR count). The van der Waals surface area contributed by atoms with Crippen LogP contribution in [0.5, 0.6) is 0 Å². The Hall–Kier alpha value is -1.09. The predicted octanol–water partition coefficient (Wildman–Crippen LogP) is 2.23. The van der Waals surface area contributed by atoms with Crippen LogP contribution in [0.25, 0.3) is 0 Å². The lowest BCUT2D eigenvalue weighted by molar-refractivity contribution is 0.0348. The molecule has 15 heavy (non-hydrogen) atoms. The van der Waals surface area contributed by atoms with Crippen LogP contribution in [-0.2, 0) is 5.60 Å². The van der Waals surface area contributed by atoms with Crippen molar-refractivity contribution in [1.82, 2.24) is 4.98 Å². The first-order valence-electron chi connectivity index (χ1n) is 5.28. The molecule has 0 amide bonds. The zero-order chi connectivity index (χ0) is 11.6. The summed E-state index contributed by atoms with van der Waals surface area (Å²) in [5.41, 5.74) is 6.68. The van der Waals surface area contributed by atoms with Crippen molar-refractivity contribution >= 4 is 5.82 Å². The summed E-state index contributed by atoms with van der Waals surface area (Å²) in [4.78, 5) is 4.03. The number of anilines is 1. The molecule has 3 N–H and O–H groups in total. The summed E-state index contributed by atoms with van der Waals surface area (Å²) >= 11 is 0. The third kappa shape index (κ3) is 2.69. The second-order valence-corrected chi connectivity index (χ2v) is 4.76. The van der Waals surface area contributed by atoms with E-state index in [0.717, 1.165) is 11.1 Å². The third-order valence-electron chi connectivity index (χ3n) is 2.53. The van der Waals surface area contributed by atoms with Crippen LogP contribution in [0.3, 0.4) is 0 Å². The van der Waals surface area contributed by atoms with Gasteiger partial charge in [-0.05, 0) is 37.8 Å². The number of hydrogen-bond donors (Lipinski definition) is 2. The van der Waals surface area contributed by atoms with Gasteiger partial charge in [0.2, 0.25) is 0 Å². The van der Waals surface area contributed by atoms with E-state index in [1.165, 1.54) is 0 Å². The van der Waals surface area contributed by atoms with E-state index in [1.54, 1.807) is 13.1 Å². The summed E-state index contributed by atoms with van der Waals surface area (Å²) in [5.74, 6) is 0.847. The molecule has 0 saturated heterocycles. The fourth-order valence-electron chi connectivity index (χ4n) is 2.18. The van der Waals surface area contributed by atoms with Gasteiger partial charge in [-0.2, -0.15) is 0 Å². The van der Waals surface area contributed by atoms with Gasteiger partial charge >= 0.3 is 0 Å². The van der Waals surface area contributed by atoms with Crippen LogP contribution in [-0.4, -0.2) is 10.1 Å². The van der Waals surface area contributed by atoms with Crippen molar-refractivity contribution in [1.29, 1.82) is 0 Å². The molecule has 1 aromatic rings. The fourth-order valence-corrected chi connectivity index (χ4v) is 2.18. The molecule has 0 bridgehead atoms. The molecule has 1 unspecified atom stereocenters. The van der Waals surface area contributed by atoms with Gasteiger partial charge in [0.1, 0.15) is 5.82 Å². The third-order valence-corrected chi connectivity index (χ3v) is 2.53. The van der Waals surface area contributed by atoms with E-state index in [0.29, 0.717) is 18.2 Å². The topological polar surface area (TPSA) is 59.1 Å². The maximum absolute atomic E-state index is 10.4. The molecule has 3 nitrogen and oxygen atoms in total. The Bertz CT molecular complexity index is 325. The molecule has 1 atom stereocenters. The molecule has 0 radical (unpaired) electrons. The largest absolute Gasteiger partial charge is 0.385 e. The molecule has 1 aromatic heterocycles. The van der Waals surface area contributed by atoms with Gasteiger partial charge in [-0.1, -0.05) is 13.8 Å². The van der Waals surface area contributed by atoms with Crippen molar-refractivity contribution in [3.63, 3.8) is 0 Å².